The van der Waals surface area contributed by atoms with Crippen LogP contribution in [0, 0.1) is 5.82 Å². The van der Waals surface area contributed by atoms with Gasteiger partial charge in [-0.2, -0.15) is 0 Å². The van der Waals surface area contributed by atoms with Crippen molar-refractivity contribution in [2.24, 2.45) is 4.99 Å². The minimum absolute atomic E-state index is 0.176. The van der Waals surface area contributed by atoms with Crippen LogP contribution in [-0.2, 0) is 10.3 Å². The van der Waals surface area contributed by atoms with Crippen LogP contribution in [0.25, 0.3) is 0 Å². The maximum atomic E-state index is 15.0. The highest BCUT2D eigenvalue weighted by Gasteiger charge is 2.71. The lowest BCUT2D eigenvalue weighted by Gasteiger charge is -2.57. The van der Waals surface area contributed by atoms with E-state index < -0.39 is 41.0 Å². The molecule has 0 saturated heterocycles. The first-order chi connectivity index (χ1) is 14.7. The molecule has 180 valence electrons. The van der Waals surface area contributed by atoms with Gasteiger partial charge in [-0.3, -0.25) is 9.11 Å². The van der Waals surface area contributed by atoms with Gasteiger partial charge in [0, 0.05) is 31.8 Å². The minimum atomic E-state index is -3.53. The van der Waals surface area contributed by atoms with Gasteiger partial charge in [0.25, 0.3) is 0 Å². The maximum absolute atomic E-state index is 15.0. The zero-order chi connectivity index (χ0) is 24.1. The van der Waals surface area contributed by atoms with Crippen molar-refractivity contribution < 1.29 is 28.1 Å². The summed E-state index contributed by atoms with van der Waals surface area (Å²) in [6.07, 6.45) is -0.486. The van der Waals surface area contributed by atoms with Crippen LogP contribution in [0.3, 0.4) is 0 Å². The molecule has 1 saturated carbocycles. The topological polar surface area (TPSA) is 106 Å². The zero-order valence-corrected chi connectivity index (χ0v) is 22.3. The largest absolute Gasteiger partial charge is 0.465 e. The lowest BCUT2D eigenvalue weighted by Crippen LogP contribution is -2.58. The standard InChI is InChI=1S/C20H31BrFN3O5SSi/c1-19(15-12-14(21)6-7-16(15)22)20(8-9-20)31(28,29)24(2)17(23-19)25(18(26)27)13-30-10-11-32(3,4)5/h6-7,12,28-29H,8-11,13H2,1-5H3,(H,26,27). The van der Waals surface area contributed by atoms with Crippen LogP contribution >= 0.6 is 26.7 Å². The molecule has 1 atom stereocenters. The Morgan fingerprint density at radius 1 is 1.38 bits per heavy atom. The predicted molar refractivity (Wildman–Crippen MR) is 130 cm³/mol. The Kier molecular flexibility index (Phi) is 6.80. The first kappa shape index (κ1) is 25.4. The molecule has 1 unspecified atom stereocenters. The van der Waals surface area contributed by atoms with Crippen LogP contribution < -0.4 is 0 Å². The van der Waals surface area contributed by atoms with Crippen molar-refractivity contribution in [1.82, 2.24) is 9.21 Å². The Bertz CT molecular complexity index is 940. The van der Waals surface area contributed by atoms with E-state index in [1.807, 2.05) is 0 Å². The van der Waals surface area contributed by atoms with E-state index in [-0.39, 0.29) is 18.3 Å². The third-order valence-corrected chi connectivity index (χ3v) is 11.2. The molecule has 2 aliphatic rings. The average molecular weight is 553 g/mol. The number of amides is 1. The number of halogens is 2. The highest BCUT2D eigenvalue weighted by molar-refractivity contribution is 9.10. The molecule has 0 radical (unpaired) electrons. The fourth-order valence-corrected chi connectivity index (χ4v) is 7.38. The van der Waals surface area contributed by atoms with Crippen molar-refractivity contribution in [3.63, 3.8) is 0 Å². The molecule has 0 bridgehead atoms. The summed E-state index contributed by atoms with van der Waals surface area (Å²) in [5, 5.41) is 9.87. The minimum Gasteiger partial charge on any atom is -0.465 e. The van der Waals surface area contributed by atoms with Gasteiger partial charge < -0.3 is 9.84 Å². The highest BCUT2D eigenvalue weighted by Crippen LogP contribution is 2.76. The number of carbonyl (C=O) groups is 1. The number of benzene rings is 1. The Balaban J connectivity index is 2.05. The number of rotatable bonds is 6. The zero-order valence-electron chi connectivity index (χ0n) is 18.9. The molecule has 32 heavy (non-hydrogen) atoms. The Hall–Kier alpha value is -1.18. The van der Waals surface area contributed by atoms with Gasteiger partial charge in [-0.1, -0.05) is 35.6 Å². The molecule has 3 rings (SSSR count). The van der Waals surface area contributed by atoms with E-state index in [9.17, 15) is 23.4 Å². The summed E-state index contributed by atoms with van der Waals surface area (Å²) in [7, 11) is -3.50. The number of carboxylic acid groups (broad SMARTS) is 1. The molecule has 1 aliphatic heterocycles. The molecule has 1 fully saturated rings. The lowest BCUT2D eigenvalue weighted by atomic mass is 9.86. The van der Waals surface area contributed by atoms with Gasteiger partial charge in [0.05, 0.1) is 0 Å². The molecule has 3 N–H and O–H groups in total. The van der Waals surface area contributed by atoms with Crippen LogP contribution in [0.4, 0.5) is 9.18 Å². The summed E-state index contributed by atoms with van der Waals surface area (Å²) in [6, 6.07) is 5.25. The summed E-state index contributed by atoms with van der Waals surface area (Å²) in [6.45, 7) is 8.26. The van der Waals surface area contributed by atoms with Crippen molar-refractivity contribution in [3.05, 3.63) is 34.1 Å². The molecule has 0 aromatic heterocycles. The van der Waals surface area contributed by atoms with Crippen LogP contribution in [0.15, 0.2) is 27.7 Å². The van der Waals surface area contributed by atoms with Crippen LogP contribution in [-0.4, -0.2) is 68.7 Å². The first-order valence-electron chi connectivity index (χ1n) is 10.3. The number of hydrogen-bond acceptors (Lipinski definition) is 6. The summed E-state index contributed by atoms with van der Waals surface area (Å²) in [5.41, 5.74) is -1.20. The summed E-state index contributed by atoms with van der Waals surface area (Å²) < 4.78 is 43.7. The summed E-state index contributed by atoms with van der Waals surface area (Å²) in [4.78, 5) is 17.6. The highest BCUT2D eigenvalue weighted by atomic mass is 79.9. The molecular weight excluding hydrogens is 521 g/mol. The Labute approximate surface area is 199 Å². The second-order valence-electron chi connectivity index (χ2n) is 9.68. The summed E-state index contributed by atoms with van der Waals surface area (Å²) >= 11 is 3.35. The predicted octanol–water partition coefficient (Wildman–Crippen LogP) is 5.60. The van der Waals surface area contributed by atoms with Crippen molar-refractivity contribution in [3.8, 4) is 0 Å². The Morgan fingerprint density at radius 3 is 2.53 bits per heavy atom. The third-order valence-electron chi connectivity index (χ3n) is 6.24. The van der Waals surface area contributed by atoms with Gasteiger partial charge in [-0.15, -0.1) is 10.8 Å². The van der Waals surface area contributed by atoms with Gasteiger partial charge in [-0.05, 0) is 44.0 Å². The van der Waals surface area contributed by atoms with Gasteiger partial charge in [0.1, 0.15) is 22.8 Å². The normalized spacial score (nSPS) is 24.8. The van der Waals surface area contributed by atoms with Crippen molar-refractivity contribution in [2.45, 2.75) is 55.7 Å². The quantitative estimate of drug-likeness (QED) is 0.241. The molecule has 1 amide bonds. The van der Waals surface area contributed by atoms with Crippen molar-refractivity contribution >= 4 is 46.8 Å². The second kappa shape index (κ2) is 8.55. The Morgan fingerprint density at radius 2 is 2.00 bits per heavy atom. The van der Waals surface area contributed by atoms with Crippen LogP contribution in [0.5, 0.6) is 0 Å². The van der Waals surface area contributed by atoms with E-state index in [1.165, 1.54) is 13.1 Å². The fraction of sp³-hybridized carbons (Fsp3) is 0.600. The second-order valence-corrected chi connectivity index (χ2v) is 18.6. The van der Waals surface area contributed by atoms with E-state index in [4.69, 9.17) is 4.74 Å². The monoisotopic (exact) mass is 551 g/mol. The van der Waals surface area contributed by atoms with Gasteiger partial charge >= 0.3 is 6.09 Å². The van der Waals surface area contributed by atoms with E-state index in [0.717, 1.165) is 15.2 Å². The van der Waals surface area contributed by atoms with E-state index in [0.29, 0.717) is 23.9 Å². The van der Waals surface area contributed by atoms with Crippen LogP contribution in [0.2, 0.25) is 25.7 Å². The maximum Gasteiger partial charge on any atom is 0.416 e. The molecular formula is C20H31BrFN3O5SSi. The van der Waals surface area contributed by atoms with Gasteiger partial charge in [-0.25, -0.2) is 23.4 Å². The van der Waals surface area contributed by atoms with Gasteiger partial charge in [0.15, 0.2) is 0 Å². The third kappa shape index (κ3) is 4.32. The molecule has 1 aliphatic carbocycles. The molecule has 1 spiro atoms. The average Bonchev–Trinajstić information content (AvgIpc) is 3.48. The first-order valence-corrected chi connectivity index (χ1v) is 16.3. The molecule has 12 heteroatoms. The van der Waals surface area contributed by atoms with E-state index >= 15 is 0 Å². The van der Waals surface area contributed by atoms with E-state index in [2.05, 4.69) is 40.6 Å². The molecule has 8 nitrogen and oxygen atoms in total. The number of guanidine groups is 1. The van der Waals surface area contributed by atoms with Gasteiger partial charge in [0.2, 0.25) is 5.96 Å². The number of ether oxygens (including phenoxy) is 1. The number of aliphatic imine (C=N–C) groups is 1. The SMILES string of the molecule is CN1C(N(COCC[Si](C)(C)C)C(=O)O)=NC(C)(c2cc(Br)ccc2F)C2(CC2)S1(O)O. The smallest absolute Gasteiger partial charge is 0.416 e. The van der Waals surface area contributed by atoms with Crippen LogP contribution in [0.1, 0.15) is 25.3 Å². The van der Waals surface area contributed by atoms with E-state index in [1.54, 1.807) is 19.1 Å². The molecule has 1 heterocycles. The summed E-state index contributed by atoms with van der Waals surface area (Å²) in [5.74, 6) is -0.719. The fourth-order valence-electron chi connectivity index (χ4n) is 4.03. The number of hydrogen-bond donors (Lipinski definition) is 3. The lowest BCUT2D eigenvalue weighted by molar-refractivity contribution is 0.0645. The number of nitrogens with zero attached hydrogens (tertiary/aromatic N) is 3. The molecule has 1 aromatic rings. The van der Waals surface area contributed by atoms with Crippen molar-refractivity contribution in [2.75, 3.05) is 20.4 Å². The van der Waals surface area contributed by atoms with Crippen molar-refractivity contribution in [1.29, 1.82) is 0 Å². The molecule has 1 aromatic carbocycles.